The predicted molar refractivity (Wildman–Crippen MR) is 41.9 cm³/mol. The molecular formula is C8H15N. The Kier molecular flexibility index (Phi) is 3.07. The molecule has 1 nitrogen and oxygen atoms in total. The highest BCUT2D eigenvalue weighted by molar-refractivity contribution is 5.07. The molecule has 52 valence electrons. The molecule has 0 fully saturated rings. The summed E-state index contributed by atoms with van der Waals surface area (Å²) in [6.45, 7) is 11.7. The minimum absolute atomic E-state index is 0.519. The standard InChI is InChI=1S/C8H15N/c1-6(2)7(3)5-8(4)9/h6H,3-5,9H2,1-2H3. The van der Waals surface area contributed by atoms with Crippen molar-refractivity contribution in [1.82, 2.24) is 0 Å². The van der Waals surface area contributed by atoms with Crippen LogP contribution in [0, 0.1) is 5.92 Å². The van der Waals surface area contributed by atoms with Gasteiger partial charge in [-0.1, -0.05) is 32.6 Å². The molecule has 0 unspecified atom stereocenters. The maximum atomic E-state index is 5.38. The highest BCUT2D eigenvalue weighted by atomic mass is 14.6. The Morgan fingerprint density at radius 1 is 1.44 bits per heavy atom. The molecule has 0 aromatic carbocycles. The summed E-state index contributed by atoms with van der Waals surface area (Å²) < 4.78 is 0. The lowest BCUT2D eigenvalue weighted by Crippen LogP contribution is -2.00. The number of nitrogens with two attached hydrogens (primary N) is 1. The summed E-state index contributed by atoms with van der Waals surface area (Å²) in [5.74, 6) is 0.519. The van der Waals surface area contributed by atoms with E-state index in [-0.39, 0.29) is 0 Å². The van der Waals surface area contributed by atoms with Gasteiger partial charge in [0.1, 0.15) is 0 Å². The lowest BCUT2D eigenvalue weighted by atomic mass is 10.0. The van der Waals surface area contributed by atoms with Crippen molar-refractivity contribution in [2.45, 2.75) is 20.3 Å². The van der Waals surface area contributed by atoms with Crippen molar-refractivity contribution in [3.05, 3.63) is 24.4 Å². The fraction of sp³-hybridized carbons (Fsp3) is 0.500. The van der Waals surface area contributed by atoms with Crippen molar-refractivity contribution in [3.8, 4) is 0 Å². The van der Waals surface area contributed by atoms with Crippen LogP contribution in [0.25, 0.3) is 0 Å². The van der Waals surface area contributed by atoms with E-state index in [0.29, 0.717) is 11.6 Å². The molecule has 0 bridgehead atoms. The first kappa shape index (κ1) is 8.28. The normalized spacial score (nSPS) is 9.67. The van der Waals surface area contributed by atoms with Gasteiger partial charge in [-0.15, -0.1) is 0 Å². The molecule has 0 radical (unpaired) electrons. The second kappa shape index (κ2) is 3.33. The van der Waals surface area contributed by atoms with Gasteiger partial charge in [0.25, 0.3) is 0 Å². The number of allylic oxidation sites excluding steroid dienone is 1. The Labute approximate surface area is 57.3 Å². The molecule has 9 heavy (non-hydrogen) atoms. The third kappa shape index (κ3) is 3.83. The van der Waals surface area contributed by atoms with Gasteiger partial charge in [0.2, 0.25) is 0 Å². The van der Waals surface area contributed by atoms with E-state index < -0.39 is 0 Å². The van der Waals surface area contributed by atoms with Crippen molar-refractivity contribution in [2.75, 3.05) is 0 Å². The molecule has 0 aliphatic carbocycles. The minimum atomic E-state index is 0.519. The van der Waals surface area contributed by atoms with Crippen LogP contribution >= 0.6 is 0 Å². The van der Waals surface area contributed by atoms with Crippen molar-refractivity contribution >= 4 is 0 Å². The SMILES string of the molecule is C=C(N)CC(=C)C(C)C. The average molecular weight is 125 g/mol. The second-order valence-corrected chi connectivity index (χ2v) is 2.65. The van der Waals surface area contributed by atoms with Crippen molar-refractivity contribution in [2.24, 2.45) is 11.7 Å². The molecular weight excluding hydrogens is 110 g/mol. The average Bonchev–Trinajstić information content (AvgIpc) is 1.63. The zero-order chi connectivity index (χ0) is 7.44. The van der Waals surface area contributed by atoms with E-state index in [9.17, 15) is 0 Å². The second-order valence-electron chi connectivity index (χ2n) is 2.65. The van der Waals surface area contributed by atoms with Gasteiger partial charge in [-0.2, -0.15) is 0 Å². The van der Waals surface area contributed by atoms with Crippen LogP contribution in [0.1, 0.15) is 20.3 Å². The van der Waals surface area contributed by atoms with Gasteiger partial charge in [-0.05, 0) is 5.92 Å². The van der Waals surface area contributed by atoms with Crippen LogP contribution in [0.5, 0.6) is 0 Å². The Bertz CT molecular complexity index is 123. The quantitative estimate of drug-likeness (QED) is 0.574. The number of hydrogen-bond acceptors (Lipinski definition) is 1. The van der Waals surface area contributed by atoms with E-state index in [1.807, 2.05) is 0 Å². The molecule has 0 aliphatic heterocycles. The third-order valence-corrected chi connectivity index (χ3v) is 1.27. The van der Waals surface area contributed by atoms with E-state index >= 15 is 0 Å². The lowest BCUT2D eigenvalue weighted by molar-refractivity contribution is 0.741. The highest BCUT2D eigenvalue weighted by Crippen LogP contribution is 2.12. The Balaban J connectivity index is 3.64. The molecule has 0 rings (SSSR count). The molecule has 0 saturated heterocycles. The Morgan fingerprint density at radius 3 is 2.00 bits per heavy atom. The van der Waals surface area contributed by atoms with E-state index in [1.165, 1.54) is 0 Å². The van der Waals surface area contributed by atoms with Crippen molar-refractivity contribution < 1.29 is 0 Å². The molecule has 0 aromatic rings. The highest BCUT2D eigenvalue weighted by Gasteiger charge is 1.98. The van der Waals surface area contributed by atoms with E-state index in [0.717, 1.165) is 12.0 Å². The van der Waals surface area contributed by atoms with Crippen LogP contribution in [-0.4, -0.2) is 0 Å². The maximum absolute atomic E-state index is 5.38. The van der Waals surface area contributed by atoms with Crippen LogP contribution in [0.4, 0.5) is 0 Å². The van der Waals surface area contributed by atoms with Crippen LogP contribution in [-0.2, 0) is 0 Å². The van der Waals surface area contributed by atoms with Crippen LogP contribution in [0.3, 0.4) is 0 Å². The molecule has 0 saturated carbocycles. The molecule has 2 N–H and O–H groups in total. The zero-order valence-corrected chi connectivity index (χ0v) is 6.28. The summed E-state index contributed by atoms with van der Waals surface area (Å²) in [6.07, 6.45) is 0.762. The molecule has 0 aromatic heterocycles. The summed E-state index contributed by atoms with van der Waals surface area (Å²) in [5, 5.41) is 0. The summed E-state index contributed by atoms with van der Waals surface area (Å²) >= 11 is 0. The van der Waals surface area contributed by atoms with Crippen LogP contribution in [0.2, 0.25) is 0 Å². The summed E-state index contributed by atoms with van der Waals surface area (Å²) in [7, 11) is 0. The third-order valence-electron chi connectivity index (χ3n) is 1.27. The monoisotopic (exact) mass is 125 g/mol. The smallest absolute Gasteiger partial charge is 0.00733 e. The molecule has 0 heterocycles. The lowest BCUT2D eigenvalue weighted by Gasteiger charge is -2.07. The van der Waals surface area contributed by atoms with Gasteiger partial charge in [0.05, 0.1) is 0 Å². The van der Waals surface area contributed by atoms with E-state index in [4.69, 9.17) is 5.73 Å². The first-order valence-electron chi connectivity index (χ1n) is 3.15. The van der Waals surface area contributed by atoms with Gasteiger partial charge in [0.15, 0.2) is 0 Å². The number of rotatable bonds is 3. The van der Waals surface area contributed by atoms with E-state index in [1.54, 1.807) is 0 Å². The number of hydrogen-bond donors (Lipinski definition) is 1. The van der Waals surface area contributed by atoms with Gasteiger partial charge in [-0.3, -0.25) is 0 Å². The fourth-order valence-corrected chi connectivity index (χ4v) is 0.496. The summed E-state index contributed by atoms with van der Waals surface area (Å²) in [6, 6.07) is 0. The molecule has 0 atom stereocenters. The molecule has 0 aliphatic rings. The van der Waals surface area contributed by atoms with Gasteiger partial charge in [-0.25, -0.2) is 0 Å². The zero-order valence-electron chi connectivity index (χ0n) is 6.28. The van der Waals surface area contributed by atoms with Crippen LogP contribution in [0.15, 0.2) is 24.4 Å². The van der Waals surface area contributed by atoms with Crippen molar-refractivity contribution in [3.63, 3.8) is 0 Å². The topological polar surface area (TPSA) is 26.0 Å². The molecule has 0 spiro atoms. The summed E-state index contributed by atoms with van der Waals surface area (Å²) in [4.78, 5) is 0. The first-order chi connectivity index (χ1) is 4.04. The minimum Gasteiger partial charge on any atom is -0.402 e. The maximum Gasteiger partial charge on any atom is 0.00733 e. The molecule has 0 amide bonds. The van der Waals surface area contributed by atoms with Crippen molar-refractivity contribution in [1.29, 1.82) is 0 Å². The Morgan fingerprint density at radius 2 is 1.89 bits per heavy atom. The summed E-state index contributed by atoms with van der Waals surface area (Å²) in [5.41, 5.74) is 7.23. The Hall–Kier alpha value is -0.720. The van der Waals surface area contributed by atoms with Gasteiger partial charge < -0.3 is 5.73 Å². The molecule has 1 heteroatoms. The van der Waals surface area contributed by atoms with Gasteiger partial charge in [0, 0.05) is 12.1 Å². The first-order valence-corrected chi connectivity index (χ1v) is 3.15. The fourth-order valence-electron chi connectivity index (χ4n) is 0.496. The van der Waals surface area contributed by atoms with Crippen LogP contribution < -0.4 is 5.73 Å². The van der Waals surface area contributed by atoms with E-state index in [2.05, 4.69) is 27.0 Å². The largest absolute Gasteiger partial charge is 0.402 e. The predicted octanol–water partition coefficient (Wildman–Crippen LogP) is 2.06. The van der Waals surface area contributed by atoms with Gasteiger partial charge >= 0.3 is 0 Å².